The van der Waals surface area contributed by atoms with E-state index >= 15 is 0 Å². The molecule has 0 fully saturated rings. The van der Waals surface area contributed by atoms with E-state index in [0.717, 1.165) is 0 Å². The predicted octanol–water partition coefficient (Wildman–Crippen LogP) is -1.37. The third-order valence-corrected chi connectivity index (χ3v) is 0.615. The zero-order chi connectivity index (χ0) is 5.86. The molecule has 0 aliphatic carbocycles. The molecule has 0 rings (SSSR count). The van der Waals surface area contributed by atoms with E-state index in [2.05, 4.69) is 12.4 Å². The zero-order valence-corrected chi connectivity index (χ0v) is 5.68. The Bertz CT molecular complexity index is 74.4. The second kappa shape index (κ2) is 5.82. The Kier molecular flexibility index (Phi) is 8.35. The van der Waals surface area contributed by atoms with Crippen LogP contribution < -0.4 is 10.2 Å². The summed E-state index contributed by atoms with van der Waals surface area (Å²) in [6.07, 6.45) is 0. The molecule has 0 radical (unpaired) electrons. The molecular weight excluding hydrogens is 132 g/mol. The largest absolute Gasteiger partial charge is 0.388 e. The van der Waals surface area contributed by atoms with E-state index in [-0.39, 0.29) is 43.8 Å². The van der Waals surface area contributed by atoms with Crippen molar-refractivity contribution in [2.24, 2.45) is 0 Å². The average molecular weight is 142 g/mol. The molecule has 0 spiro atoms. The molecule has 4 heteroatoms. The molecule has 0 bridgehead atoms. The zero-order valence-electron chi connectivity index (χ0n) is 4.97. The smallest absolute Gasteiger partial charge is 0.386 e. The summed E-state index contributed by atoms with van der Waals surface area (Å²) >= 11 is 0. The molecular formula is C4H10ArN2O. The minimum atomic E-state index is -0.0972. The van der Waals surface area contributed by atoms with Gasteiger partial charge in [0.05, 0.1) is 7.05 Å². The summed E-state index contributed by atoms with van der Waals surface area (Å²) in [4.78, 5) is 10.8. The summed E-state index contributed by atoms with van der Waals surface area (Å²) in [5.74, 6) is 0. The first kappa shape index (κ1) is 11.5. The number of quaternary nitrogens is 1. The normalized spacial score (nSPS) is 11.4. The molecule has 0 aliphatic heterocycles. The second-order valence-electron chi connectivity index (χ2n) is 1.36. The van der Waals surface area contributed by atoms with Crippen molar-refractivity contribution in [1.29, 1.82) is 0 Å². The minimum Gasteiger partial charge on any atom is -0.386 e. The van der Waals surface area contributed by atoms with Crippen molar-refractivity contribution < 1.29 is 47.4 Å². The van der Waals surface area contributed by atoms with Crippen LogP contribution in [0.2, 0.25) is 0 Å². The van der Waals surface area contributed by atoms with Gasteiger partial charge in [-0.2, -0.15) is 0 Å². The van der Waals surface area contributed by atoms with Gasteiger partial charge in [-0.05, 0) is 0 Å². The van der Waals surface area contributed by atoms with Gasteiger partial charge in [0, 0.05) is 44.8 Å². The van der Waals surface area contributed by atoms with Gasteiger partial charge in [-0.25, -0.2) is 4.79 Å². The van der Waals surface area contributed by atoms with Gasteiger partial charge >= 0.3 is 6.03 Å². The van der Waals surface area contributed by atoms with E-state index in [1.807, 2.05) is 0 Å². The van der Waals surface area contributed by atoms with Gasteiger partial charge in [0.25, 0.3) is 0 Å². The average Bonchev–Trinajstić information content (AvgIpc) is 1.65. The van der Waals surface area contributed by atoms with Crippen LogP contribution >= 0.6 is 0 Å². The molecule has 0 heterocycles. The van der Waals surface area contributed by atoms with Gasteiger partial charge in [-0.3, -0.25) is 0 Å². The molecule has 1 atom stereocenters. The number of rotatable bonds is 0. The van der Waals surface area contributed by atoms with Crippen molar-refractivity contribution in [3.05, 3.63) is 7.05 Å². The SMILES string of the molecule is [Ar].[CH2-][NH+](C)C(=O)NC. The summed E-state index contributed by atoms with van der Waals surface area (Å²) < 4.78 is 0. The standard InChI is InChI=1S/C4H10N2O.Ar/c1-5-4(7)6(2)3;/h6H,2H2,1,3H3,(H,5,7);. The maximum absolute atomic E-state index is 10.3. The number of hydrogen-bond donors (Lipinski definition) is 2. The molecule has 0 aliphatic rings. The molecule has 1 unspecified atom stereocenters. The fourth-order valence-electron chi connectivity index (χ4n) is 0.213. The maximum Gasteiger partial charge on any atom is 0.388 e. The first-order chi connectivity index (χ1) is 3.18. The van der Waals surface area contributed by atoms with E-state index in [0.29, 0.717) is 4.90 Å². The molecule has 3 nitrogen and oxygen atoms in total. The Balaban J connectivity index is 0. The Hall–Kier alpha value is 0.690. The van der Waals surface area contributed by atoms with Crippen molar-refractivity contribution in [2.75, 3.05) is 14.1 Å². The van der Waals surface area contributed by atoms with Gasteiger partial charge in [-0.1, -0.05) is 0 Å². The molecule has 2 N–H and O–H groups in total. The summed E-state index contributed by atoms with van der Waals surface area (Å²) in [6.45, 7) is 0. The molecule has 8 heavy (non-hydrogen) atoms. The minimum absolute atomic E-state index is 0. The summed E-state index contributed by atoms with van der Waals surface area (Å²) in [6, 6.07) is -0.0972. The fourth-order valence-corrected chi connectivity index (χ4v) is 0.213. The van der Waals surface area contributed by atoms with Crippen molar-refractivity contribution >= 4 is 6.03 Å². The molecule has 2 amide bonds. The van der Waals surface area contributed by atoms with Crippen LogP contribution in [-0.4, -0.2) is 20.1 Å². The van der Waals surface area contributed by atoms with Crippen LogP contribution in [0.25, 0.3) is 0 Å². The van der Waals surface area contributed by atoms with Gasteiger partial charge in [0.1, 0.15) is 0 Å². The molecule has 0 aromatic heterocycles. The molecule has 0 saturated carbocycles. The maximum atomic E-state index is 10.3. The van der Waals surface area contributed by atoms with Crippen LogP contribution in [0.3, 0.4) is 0 Å². The van der Waals surface area contributed by atoms with E-state index in [1.165, 1.54) is 0 Å². The van der Waals surface area contributed by atoms with Crippen LogP contribution in [0.1, 0.15) is 0 Å². The van der Waals surface area contributed by atoms with E-state index < -0.39 is 0 Å². The van der Waals surface area contributed by atoms with Crippen molar-refractivity contribution in [3.8, 4) is 0 Å². The van der Waals surface area contributed by atoms with Crippen molar-refractivity contribution in [1.82, 2.24) is 5.32 Å². The number of carbonyl (C=O) groups is 1. The summed E-state index contributed by atoms with van der Waals surface area (Å²) in [5.41, 5.74) is 0. The Morgan fingerprint density at radius 2 is 2.12 bits per heavy atom. The van der Waals surface area contributed by atoms with Crippen molar-refractivity contribution in [2.45, 2.75) is 0 Å². The van der Waals surface area contributed by atoms with Gasteiger partial charge in [-0.15, -0.1) is 7.05 Å². The molecule has 0 aromatic carbocycles. The van der Waals surface area contributed by atoms with Crippen LogP contribution in [0.5, 0.6) is 0 Å². The Morgan fingerprint density at radius 3 is 2.12 bits per heavy atom. The van der Waals surface area contributed by atoms with Gasteiger partial charge in [0.2, 0.25) is 0 Å². The third kappa shape index (κ3) is 4.84. The van der Waals surface area contributed by atoms with Crippen molar-refractivity contribution in [3.63, 3.8) is 0 Å². The number of nitrogens with one attached hydrogen (secondary N) is 2. The summed E-state index contributed by atoms with van der Waals surface area (Å²) in [5, 5.41) is 2.43. The van der Waals surface area contributed by atoms with E-state index in [1.54, 1.807) is 14.1 Å². The number of amides is 2. The molecule has 0 aromatic rings. The van der Waals surface area contributed by atoms with Gasteiger partial charge < -0.3 is 10.2 Å². The second-order valence-corrected chi connectivity index (χ2v) is 1.36. The van der Waals surface area contributed by atoms with E-state index in [4.69, 9.17) is 0 Å². The first-order valence-corrected chi connectivity index (χ1v) is 2.06. The fraction of sp³-hybridized carbons (Fsp3) is 0.500. The number of carbonyl (C=O) groups excluding carboxylic acids is 1. The monoisotopic (exact) mass is 142 g/mol. The van der Waals surface area contributed by atoms with Gasteiger partial charge in [0.15, 0.2) is 0 Å². The Morgan fingerprint density at radius 1 is 1.75 bits per heavy atom. The molecule has 50 valence electrons. The molecule has 0 saturated heterocycles. The van der Waals surface area contributed by atoms with Crippen LogP contribution in [-0.2, 0) is 0 Å². The quantitative estimate of drug-likeness (QED) is 0.402. The van der Waals surface area contributed by atoms with Crippen LogP contribution in [0.15, 0.2) is 0 Å². The third-order valence-electron chi connectivity index (χ3n) is 0.615. The number of hydrogen-bond acceptors (Lipinski definition) is 1. The van der Waals surface area contributed by atoms with Crippen LogP contribution in [0, 0.1) is 44.8 Å². The van der Waals surface area contributed by atoms with E-state index in [9.17, 15) is 4.79 Å². The summed E-state index contributed by atoms with van der Waals surface area (Å²) in [7, 11) is 6.66. The topological polar surface area (TPSA) is 33.5 Å². The predicted molar refractivity (Wildman–Crippen MR) is 26.7 cm³/mol. The first-order valence-electron chi connectivity index (χ1n) is 2.06. The number of urea groups is 1. The van der Waals surface area contributed by atoms with Crippen LogP contribution in [0.4, 0.5) is 4.79 Å². The Labute approximate surface area is 79.4 Å².